The van der Waals surface area contributed by atoms with E-state index in [1.54, 1.807) is 11.8 Å². The number of methoxy groups -OCH3 is 1. The van der Waals surface area contributed by atoms with Crippen molar-refractivity contribution in [1.29, 1.82) is 0 Å². The van der Waals surface area contributed by atoms with Gasteiger partial charge < -0.3 is 15.8 Å². The lowest BCUT2D eigenvalue weighted by molar-refractivity contribution is 0.417. The Hall–Kier alpha value is -2.17. The smallest absolute Gasteiger partial charge is 0.152 e. The van der Waals surface area contributed by atoms with Crippen molar-refractivity contribution in [3.63, 3.8) is 0 Å². The van der Waals surface area contributed by atoms with E-state index in [4.69, 9.17) is 10.5 Å². The van der Waals surface area contributed by atoms with Crippen LogP contribution in [0.5, 0.6) is 5.75 Å². The standard InChI is InChI=1S/C14H20N4O/c1-4-7-11-13(15)14(18(2)17-11)16-10-8-5-6-9-12(10)19-3/h5-6,8-9,16H,4,7,15H2,1-3H3. The number of anilines is 3. The third-order valence-electron chi connectivity index (χ3n) is 3.01. The molecule has 5 heteroatoms. The molecule has 102 valence electrons. The normalized spacial score (nSPS) is 10.5. The van der Waals surface area contributed by atoms with Crippen molar-refractivity contribution in [2.24, 2.45) is 7.05 Å². The van der Waals surface area contributed by atoms with Crippen molar-refractivity contribution in [3.05, 3.63) is 30.0 Å². The number of para-hydroxylation sites is 2. The number of aromatic nitrogens is 2. The summed E-state index contributed by atoms with van der Waals surface area (Å²) in [6.07, 6.45) is 1.91. The van der Waals surface area contributed by atoms with E-state index in [0.717, 1.165) is 35.8 Å². The first-order valence-corrected chi connectivity index (χ1v) is 6.38. The van der Waals surface area contributed by atoms with E-state index in [-0.39, 0.29) is 0 Å². The summed E-state index contributed by atoms with van der Waals surface area (Å²) >= 11 is 0. The number of hydrogen-bond acceptors (Lipinski definition) is 4. The molecule has 3 N–H and O–H groups in total. The van der Waals surface area contributed by atoms with Gasteiger partial charge in [0.2, 0.25) is 0 Å². The molecule has 1 aromatic carbocycles. The molecule has 0 spiro atoms. The summed E-state index contributed by atoms with van der Waals surface area (Å²) in [4.78, 5) is 0. The van der Waals surface area contributed by atoms with Crippen molar-refractivity contribution in [2.45, 2.75) is 19.8 Å². The zero-order chi connectivity index (χ0) is 13.8. The minimum atomic E-state index is 0.704. The van der Waals surface area contributed by atoms with E-state index in [1.165, 1.54) is 0 Å². The second-order valence-electron chi connectivity index (χ2n) is 4.41. The summed E-state index contributed by atoms with van der Waals surface area (Å²) in [7, 11) is 3.53. The predicted octanol–water partition coefficient (Wildman–Crippen LogP) is 2.71. The maximum Gasteiger partial charge on any atom is 0.152 e. The fraction of sp³-hybridized carbons (Fsp3) is 0.357. The van der Waals surface area contributed by atoms with Gasteiger partial charge in [-0.05, 0) is 18.6 Å². The molecule has 0 bridgehead atoms. The summed E-state index contributed by atoms with van der Waals surface area (Å²) in [6.45, 7) is 2.11. The molecule has 0 saturated heterocycles. The number of nitrogens with two attached hydrogens (primary N) is 1. The van der Waals surface area contributed by atoms with Gasteiger partial charge in [-0.25, -0.2) is 0 Å². The molecule has 19 heavy (non-hydrogen) atoms. The number of hydrogen-bond donors (Lipinski definition) is 2. The molecule has 2 aromatic rings. The molecule has 0 unspecified atom stereocenters. The van der Waals surface area contributed by atoms with E-state index in [0.29, 0.717) is 5.69 Å². The molecule has 0 aliphatic heterocycles. The predicted molar refractivity (Wildman–Crippen MR) is 77.9 cm³/mol. The number of nitrogens with one attached hydrogen (secondary N) is 1. The minimum Gasteiger partial charge on any atom is -0.495 e. The van der Waals surface area contributed by atoms with Crippen LogP contribution >= 0.6 is 0 Å². The number of aryl methyl sites for hydroxylation is 2. The average molecular weight is 260 g/mol. The summed E-state index contributed by atoms with van der Waals surface area (Å²) in [5.41, 5.74) is 8.66. The molecule has 5 nitrogen and oxygen atoms in total. The molecule has 0 aliphatic rings. The van der Waals surface area contributed by atoms with Gasteiger partial charge in [-0.1, -0.05) is 25.5 Å². The average Bonchev–Trinajstić information content (AvgIpc) is 2.68. The number of benzene rings is 1. The Bertz CT molecular complexity index is 563. The molecule has 1 aromatic heterocycles. The van der Waals surface area contributed by atoms with Gasteiger partial charge in [0.05, 0.1) is 24.2 Å². The minimum absolute atomic E-state index is 0.704. The van der Waals surface area contributed by atoms with Gasteiger partial charge in [0.15, 0.2) is 5.82 Å². The van der Waals surface area contributed by atoms with Gasteiger partial charge in [0, 0.05) is 7.05 Å². The van der Waals surface area contributed by atoms with Crippen LogP contribution in [0.15, 0.2) is 24.3 Å². The monoisotopic (exact) mass is 260 g/mol. The van der Waals surface area contributed by atoms with Crippen LogP contribution in [-0.4, -0.2) is 16.9 Å². The molecule has 2 rings (SSSR count). The number of nitrogens with zero attached hydrogens (tertiary/aromatic N) is 2. The van der Waals surface area contributed by atoms with E-state index in [1.807, 2.05) is 31.3 Å². The van der Waals surface area contributed by atoms with Crippen molar-refractivity contribution in [3.8, 4) is 5.75 Å². The van der Waals surface area contributed by atoms with E-state index in [2.05, 4.69) is 17.3 Å². The second kappa shape index (κ2) is 5.65. The Labute approximate surface area is 113 Å². The van der Waals surface area contributed by atoms with Crippen LogP contribution in [0.3, 0.4) is 0 Å². The highest BCUT2D eigenvalue weighted by Gasteiger charge is 2.14. The van der Waals surface area contributed by atoms with Crippen molar-refractivity contribution in [1.82, 2.24) is 9.78 Å². The summed E-state index contributed by atoms with van der Waals surface area (Å²) in [6, 6.07) is 7.73. The molecule has 0 atom stereocenters. The van der Waals surface area contributed by atoms with Crippen LogP contribution in [0.25, 0.3) is 0 Å². The van der Waals surface area contributed by atoms with Gasteiger partial charge in [0.25, 0.3) is 0 Å². The van der Waals surface area contributed by atoms with E-state index >= 15 is 0 Å². The number of ether oxygens (including phenoxy) is 1. The first kappa shape index (κ1) is 13.3. The Kier molecular flexibility index (Phi) is 3.94. The molecular formula is C14H20N4O. The van der Waals surface area contributed by atoms with E-state index in [9.17, 15) is 0 Å². The molecule has 0 radical (unpaired) electrons. The molecule has 0 aliphatic carbocycles. The van der Waals surface area contributed by atoms with Crippen LogP contribution in [-0.2, 0) is 13.5 Å². The zero-order valence-corrected chi connectivity index (χ0v) is 11.6. The highest BCUT2D eigenvalue weighted by Crippen LogP contribution is 2.31. The molecule has 1 heterocycles. The third kappa shape index (κ3) is 2.65. The van der Waals surface area contributed by atoms with Crippen LogP contribution in [0, 0.1) is 0 Å². The summed E-state index contributed by atoms with van der Waals surface area (Å²) in [5, 5.41) is 7.73. The largest absolute Gasteiger partial charge is 0.495 e. The Morgan fingerprint density at radius 3 is 2.79 bits per heavy atom. The lowest BCUT2D eigenvalue weighted by atomic mass is 10.2. The Morgan fingerprint density at radius 2 is 2.11 bits per heavy atom. The topological polar surface area (TPSA) is 65.1 Å². The SMILES string of the molecule is CCCc1nn(C)c(Nc2ccccc2OC)c1N. The van der Waals surface area contributed by atoms with Gasteiger partial charge in [-0.2, -0.15) is 5.10 Å². The zero-order valence-electron chi connectivity index (χ0n) is 11.6. The quantitative estimate of drug-likeness (QED) is 0.867. The summed E-state index contributed by atoms with van der Waals surface area (Å²) < 4.78 is 7.09. The lowest BCUT2D eigenvalue weighted by Crippen LogP contribution is -2.02. The highest BCUT2D eigenvalue weighted by atomic mass is 16.5. The Morgan fingerprint density at radius 1 is 1.37 bits per heavy atom. The maximum atomic E-state index is 6.14. The fourth-order valence-electron chi connectivity index (χ4n) is 2.04. The molecule has 0 saturated carbocycles. The second-order valence-corrected chi connectivity index (χ2v) is 4.41. The number of rotatable bonds is 5. The van der Waals surface area contributed by atoms with Gasteiger partial charge in [-0.15, -0.1) is 0 Å². The third-order valence-corrected chi connectivity index (χ3v) is 3.01. The maximum absolute atomic E-state index is 6.14. The van der Waals surface area contributed by atoms with Crippen molar-refractivity contribution >= 4 is 17.2 Å². The first-order valence-electron chi connectivity index (χ1n) is 6.38. The lowest BCUT2D eigenvalue weighted by Gasteiger charge is -2.11. The molecule has 0 amide bonds. The highest BCUT2D eigenvalue weighted by molar-refractivity contribution is 5.74. The molecular weight excluding hydrogens is 240 g/mol. The fourth-order valence-corrected chi connectivity index (χ4v) is 2.04. The van der Waals surface area contributed by atoms with Crippen LogP contribution in [0.4, 0.5) is 17.2 Å². The summed E-state index contributed by atoms with van der Waals surface area (Å²) in [5.74, 6) is 1.58. The number of nitrogen functional groups attached to an aromatic ring is 1. The van der Waals surface area contributed by atoms with E-state index < -0.39 is 0 Å². The van der Waals surface area contributed by atoms with Crippen LogP contribution < -0.4 is 15.8 Å². The molecule has 0 fully saturated rings. The van der Waals surface area contributed by atoms with Crippen molar-refractivity contribution < 1.29 is 4.74 Å². The van der Waals surface area contributed by atoms with Crippen molar-refractivity contribution in [2.75, 3.05) is 18.2 Å². The van der Waals surface area contributed by atoms with Crippen LogP contribution in [0.2, 0.25) is 0 Å². The van der Waals surface area contributed by atoms with Gasteiger partial charge >= 0.3 is 0 Å². The first-order chi connectivity index (χ1) is 9.17. The Balaban J connectivity index is 2.33. The van der Waals surface area contributed by atoms with Crippen LogP contribution in [0.1, 0.15) is 19.0 Å². The van der Waals surface area contributed by atoms with Gasteiger partial charge in [-0.3, -0.25) is 4.68 Å². The van der Waals surface area contributed by atoms with Gasteiger partial charge in [0.1, 0.15) is 5.75 Å².